The molecule has 5 heteroatoms. The molecule has 0 fully saturated rings. The van der Waals surface area contributed by atoms with E-state index in [4.69, 9.17) is 11.6 Å². The number of hydrogen-bond acceptors (Lipinski definition) is 2. The number of rotatable bonds is 3. The third kappa shape index (κ3) is 4.33. The van der Waals surface area contributed by atoms with Gasteiger partial charge in [0.1, 0.15) is 0 Å². The van der Waals surface area contributed by atoms with Crippen LogP contribution in [0.4, 0.5) is 5.69 Å². The van der Waals surface area contributed by atoms with Crippen LogP contribution in [-0.4, -0.2) is 11.8 Å². The van der Waals surface area contributed by atoms with Crippen molar-refractivity contribution >= 4 is 29.1 Å². The standard InChI is InChI=1S/C17H17ClN2O2/c1-11-3-6-13(7-4-11)10-19-16(21)17(22)20-14-8-5-12(2)15(18)9-14/h3-9H,10H2,1-2H3,(H,19,21)(H,20,22). The molecule has 0 bridgehead atoms. The summed E-state index contributed by atoms with van der Waals surface area (Å²) in [6, 6.07) is 12.8. The molecule has 0 radical (unpaired) electrons. The molecule has 2 amide bonds. The first-order valence-electron chi connectivity index (χ1n) is 6.86. The van der Waals surface area contributed by atoms with Crippen LogP contribution in [-0.2, 0) is 16.1 Å². The third-order valence-corrected chi connectivity index (χ3v) is 3.62. The summed E-state index contributed by atoms with van der Waals surface area (Å²) in [6.45, 7) is 4.16. The molecule has 2 rings (SSSR count). The molecule has 0 saturated heterocycles. The fourth-order valence-corrected chi connectivity index (χ4v) is 2.01. The second kappa shape index (κ2) is 7.09. The van der Waals surface area contributed by atoms with E-state index in [2.05, 4.69) is 10.6 Å². The summed E-state index contributed by atoms with van der Waals surface area (Å²) < 4.78 is 0. The summed E-state index contributed by atoms with van der Waals surface area (Å²) >= 11 is 5.98. The minimum absolute atomic E-state index is 0.307. The van der Waals surface area contributed by atoms with E-state index in [1.165, 1.54) is 0 Å². The summed E-state index contributed by atoms with van der Waals surface area (Å²) in [6.07, 6.45) is 0. The van der Waals surface area contributed by atoms with Crippen molar-refractivity contribution in [2.45, 2.75) is 20.4 Å². The highest BCUT2D eigenvalue weighted by atomic mass is 35.5. The fraction of sp³-hybridized carbons (Fsp3) is 0.176. The molecule has 22 heavy (non-hydrogen) atoms. The predicted molar refractivity (Wildman–Crippen MR) is 87.8 cm³/mol. The summed E-state index contributed by atoms with van der Waals surface area (Å²) in [4.78, 5) is 23.6. The highest BCUT2D eigenvalue weighted by Gasteiger charge is 2.13. The zero-order chi connectivity index (χ0) is 16.1. The lowest BCUT2D eigenvalue weighted by molar-refractivity contribution is -0.136. The molecule has 2 aromatic rings. The molecule has 0 saturated carbocycles. The third-order valence-electron chi connectivity index (χ3n) is 3.21. The van der Waals surface area contributed by atoms with E-state index in [1.54, 1.807) is 18.2 Å². The summed E-state index contributed by atoms with van der Waals surface area (Å²) in [5.41, 5.74) is 3.48. The van der Waals surface area contributed by atoms with Crippen LogP contribution in [0.15, 0.2) is 42.5 Å². The minimum Gasteiger partial charge on any atom is -0.344 e. The molecule has 4 nitrogen and oxygen atoms in total. The van der Waals surface area contributed by atoms with Crippen molar-refractivity contribution in [1.29, 1.82) is 0 Å². The molecule has 2 N–H and O–H groups in total. The Morgan fingerprint density at radius 2 is 1.68 bits per heavy atom. The SMILES string of the molecule is Cc1ccc(CNC(=O)C(=O)Nc2ccc(C)c(Cl)c2)cc1. The van der Waals surface area contributed by atoms with E-state index < -0.39 is 11.8 Å². The Bertz CT molecular complexity index is 696. The van der Waals surface area contributed by atoms with Crippen molar-refractivity contribution in [3.05, 3.63) is 64.2 Å². The molecule has 0 heterocycles. The van der Waals surface area contributed by atoms with Crippen molar-refractivity contribution in [3.8, 4) is 0 Å². The molecule has 0 spiro atoms. The van der Waals surface area contributed by atoms with E-state index in [0.29, 0.717) is 17.3 Å². The maximum absolute atomic E-state index is 11.8. The van der Waals surface area contributed by atoms with Gasteiger partial charge < -0.3 is 10.6 Å². The number of carbonyl (C=O) groups excluding carboxylic acids is 2. The number of hydrogen-bond donors (Lipinski definition) is 2. The van der Waals surface area contributed by atoms with E-state index in [-0.39, 0.29) is 0 Å². The van der Waals surface area contributed by atoms with Gasteiger partial charge in [0.05, 0.1) is 0 Å². The van der Waals surface area contributed by atoms with E-state index in [0.717, 1.165) is 16.7 Å². The number of amides is 2. The quantitative estimate of drug-likeness (QED) is 0.854. The van der Waals surface area contributed by atoms with E-state index in [1.807, 2.05) is 38.1 Å². The molecule has 0 aliphatic rings. The molecule has 0 atom stereocenters. The van der Waals surface area contributed by atoms with Gasteiger partial charge in [-0.15, -0.1) is 0 Å². The first-order chi connectivity index (χ1) is 10.5. The smallest absolute Gasteiger partial charge is 0.313 e. The van der Waals surface area contributed by atoms with Crippen LogP contribution in [0.2, 0.25) is 5.02 Å². The number of nitrogens with one attached hydrogen (secondary N) is 2. The number of anilines is 1. The van der Waals surface area contributed by atoms with Crippen molar-refractivity contribution < 1.29 is 9.59 Å². The van der Waals surface area contributed by atoms with Crippen LogP contribution in [0.25, 0.3) is 0 Å². The fourth-order valence-electron chi connectivity index (χ4n) is 1.83. The number of halogens is 1. The lowest BCUT2D eigenvalue weighted by atomic mass is 10.1. The van der Waals surface area contributed by atoms with Gasteiger partial charge in [-0.3, -0.25) is 9.59 Å². The molecule has 0 aliphatic carbocycles. The second-order valence-corrected chi connectivity index (χ2v) is 5.49. The van der Waals surface area contributed by atoms with Crippen molar-refractivity contribution in [3.63, 3.8) is 0 Å². The van der Waals surface area contributed by atoms with Crippen LogP contribution >= 0.6 is 11.6 Å². The molecule has 114 valence electrons. The average Bonchev–Trinajstić information content (AvgIpc) is 2.50. The molecule has 0 aromatic heterocycles. The van der Waals surface area contributed by atoms with Crippen LogP contribution in [0.3, 0.4) is 0 Å². The van der Waals surface area contributed by atoms with Crippen LogP contribution in [0, 0.1) is 13.8 Å². The first kappa shape index (κ1) is 16.0. The summed E-state index contributed by atoms with van der Waals surface area (Å²) in [7, 11) is 0. The van der Waals surface area contributed by atoms with E-state index >= 15 is 0 Å². The van der Waals surface area contributed by atoms with Crippen LogP contribution < -0.4 is 10.6 Å². The summed E-state index contributed by atoms with van der Waals surface area (Å²) in [5.74, 6) is -1.40. The van der Waals surface area contributed by atoms with Gasteiger partial charge in [-0.05, 0) is 37.1 Å². The van der Waals surface area contributed by atoms with Gasteiger partial charge in [-0.1, -0.05) is 47.5 Å². The van der Waals surface area contributed by atoms with Gasteiger partial charge in [0.15, 0.2) is 0 Å². The lowest BCUT2D eigenvalue weighted by Gasteiger charge is -2.08. The maximum atomic E-state index is 11.8. The Balaban J connectivity index is 1.90. The molecule has 0 aliphatic heterocycles. The number of benzene rings is 2. The van der Waals surface area contributed by atoms with Crippen LogP contribution in [0.1, 0.15) is 16.7 Å². The van der Waals surface area contributed by atoms with Gasteiger partial charge in [0.25, 0.3) is 0 Å². The zero-order valence-electron chi connectivity index (χ0n) is 12.4. The predicted octanol–water partition coefficient (Wildman–Crippen LogP) is 3.21. The van der Waals surface area contributed by atoms with Gasteiger partial charge in [-0.25, -0.2) is 0 Å². The normalized spacial score (nSPS) is 10.1. The first-order valence-corrected chi connectivity index (χ1v) is 7.24. The van der Waals surface area contributed by atoms with Crippen molar-refractivity contribution in [1.82, 2.24) is 5.32 Å². The van der Waals surface area contributed by atoms with Gasteiger partial charge in [0, 0.05) is 17.3 Å². The maximum Gasteiger partial charge on any atom is 0.313 e. The summed E-state index contributed by atoms with van der Waals surface area (Å²) in [5, 5.41) is 5.64. The molecule has 0 unspecified atom stereocenters. The Hall–Kier alpha value is -2.33. The Morgan fingerprint density at radius 3 is 2.32 bits per heavy atom. The largest absolute Gasteiger partial charge is 0.344 e. The van der Waals surface area contributed by atoms with Crippen molar-refractivity contribution in [2.75, 3.05) is 5.32 Å². The zero-order valence-corrected chi connectivity index (χ0v) is 13.2. The Kier molecular flexibility index (Phi) is 5.17. The van der Waals surface area contributed by atoms with Crippen LogP contribution in [0.5, 0.6) is 0 Å². The average molecular weight is 317 g/mol. The number of carbonyl (C=O) groups is 2. The van der Waals surface area contributed by atoms with Gasteiger partial charge in [-0.2, -0.15) is 0 Å². The van der Waals surface area contributed by atoms with Crippen molar-refractivity contribution in [2.24, 2.45) is 0 Å². The van der Waals surface area contributed by atoms with Gasteiger partial charge in [0.2, 0.25) is 0 Å². The highest BCUT2D eigenvalue weighted by molar-refractivity contribution is 6.39. The second-order valence-electron chi connectivity index (χ2n) is 5.09. The minimum atomic E-state index is -0.716. The topological polar surface area (TPSA) is 58.2 Å². The lowest BCUT2D eigenvalue weighted by Crippen LogP contribution is -2.34. The Morgan fingerprint density at radius 1 is 1.00 bits per heavy atom. The monoisotopic (exact) mass is 316 g/mol. The molecular weight excluding hydrogens is 300 g/mol. The highest BCUT2D eigenvalue weighted by Crippen LogP contribution is 2.19. The van der Waals surface area contributed by atoms with Gasteiger partial charge >= 0.3 is 11.8 Å². The Labute approximate surface area is 134 Å². The number of aryl methyl sites for hydroxylation is 2. The van der Waals surface area contributed by atoms with E-state index in [9.17, 15) is 9.59 Å². The molecular formula is C17H17ClN2O2. The molecule has 2 aromatic carbocycles.